The van der Waals surface area contributed by atoms with Crippen molar-refractivity contribution < 1.29 is 14.5 Å². The van der Waals surface area contributed by atoms with E-state index in [0.717, 1.165) is 0 Å². The van der Waals surface area contributed by atoms with Crippen LogP contribution in [0.3, 0.4) is 0 Å². The van der Waals surface area contributed by atoms with Gasteiger partial charge in [0.25, 0.3) is 5.84 Å². The molecule has 1 fully saturated rings. The van der Waals surface area contributed by atoms with Crippen LogP contribution in [-0.2, 0) is 9.47 Å². The van der Waals surface area contributed by atoms with Crippen LogP contribution in [0, 0.1) is 38.9 Å². The largest absolute Gasteiger partial charge is 0.342 e. The Balaban J connectivity index is 2.77. The molecule has 0 aromatic heterocycles. The summed E-state index contributed by atoms with van der Waals surface area (Å²) in [6.07, 6.45) is 0.630. The number of rotatable bonds is 3. The number of ether oxygens (including phenoxy) is 2. The molecule has 3 atom stereocenters. The van der Waals surface area contributed by atoms with Gasteiger partial charge in [-0.05, 0) is 6.42 Å². The summed E-state index contributed by atoms with van der Waals surface area (Å²) in [5, 5.41) is 19.2. The maximum Gasteiger partial charge on any atom is 0.342 e. The van der Waals surface area contributed by atoms with Crippen LogP contribution < -0.4 is 10.7 Å². The third-order valence-corrected chi connectivity index (χ3v) is 4.97. The summed E-state index contributed by atoms with van der Waals surface area (Å²) in [4.78, 5) is 2.84. The van der Waals surface area contributed by atoms with Gasteiger partial charge >= 0.3 is 5.91 Å². The van der Waals surface area contributed by atoms with Crippen molar-refractivity contribution in [3.63, 3.8) is 0 Å². The third kappa shape index (κ3) is 0.754. The van der Waals surface area contributed by atoms with Gasteiger partial charge in [0.1, 0.15) is 0 Å². The van der Waals surface area contributed by atoms with E-state index in [0.29, 0.717) is 6.42 Å². The first kappa shape index (κ1) is 12.8. The van der Waals surface area contributed by atoms with Gasteiger partial charge in [0.05, 0.1) is 12.1 Å². The molecule has 18 heavy (non-hydrogen) atoms. The lowest BCUT2D eigenvalue weighted by atomic mass is 9.89. The van der Waals surface area contributed by atoms with Crippen molar-refractivity contribution >= 4 is 5.84 Å². The molecule has 96 valence electrons. The molecule has 2 aliphatic rings. The molecule has 0 spiro atoms. The van der Waals surface area contributed by atoms with Crippen LogP contribution in [0.4, 0.5) is 0 Å². The molecule has 6 heteroatoms. The predicted octanol–water partition coefficient (Wildman–Crippen LogP) is -1.17. The summed E-state index contributed by atoms with van der Waals surface area (Å²) in [7, 11) is 2.87. The van der Waals surface area contributed by atoms with Gasteiger partial charge in [-0.1, -0.05) is 13.8 Å². The minimum absolute atomic E-state index is 0.250. The number of amidine groups is 1. The fourth-order valence-electron chi connectivity index (χ4n) is 3.83. The van der Waals surface area contributed by atoms with Crippen molar-refractivity contribution in [1.29, 1.82) is 10.5 Å². The fraction of sp³-hybridized carbons (Fsp3) is 0.750. The quantitative estimate of drug-likeness (QED) is 0.613. The molecule has 1 heterocycles. The lowest BCUT2D eigenvalue weighted by molar-refractivity contribution is -0.689. The minimum Gasteiger partial charge on any atom is -0.317 e. The zero-order chi connectivity index (χ0) is 13.8. The molecule has 1 aliphatic carbocycles. The molecular weight excluding hydrogens is 232 g/mol. The van der Waals surface area contributed by atoms with E-state index in [2.05, 4.69) is 17.1 Å². The summed E-state index contributed by atoms with van der Waals surface area (Å²) >= 11 is 0. The van der Waals surface area contributed by atoms with Crippen molar-refractivity contribution in [2.75, 3.05) is 14.2 Å². The molecule has 0 saturated heterocycles. The second-order valence-corrected chi connectivity index (χ2v) is 4.97. The predicted molar refractivity (Wildman–Crippen MR) is 61.4 cm³/mol. The average molecular weight is 249 g/mol. The highest BCUT2D eigenvalue weighted by atomic mass is 16.7. The zero-order valence-corrected chi connectivity index (χ0v) is 11.0. The fourth-order valence-corrected chi connectivity index (χ4v) is 3.83. The van der Waals surface area contributed by atoms with Gasteiger partial charge in [-0.25, -0.2) is 4.99 Å². The van der Waals surface area contributed by atoms with E-state index < -0.39 is 22.2 Å². The molecule has 0 radical (unpaired) electrons. The van der Waals surface area contributed by atoms with Crippen LogP contribution in [0.5, 0.6) is 0 Å². The number of nitrogens with two attached hydrogens (primary N) is 1. The molecular formula is C12H17N4O2+. The number of hydrogen-bond acceptors (Lipinski definition) is 5. The molecule has 1 saturated carbocycles. The summed E-state index contributed by atoms with van der Waals surface area (Å²) in [5.74, 6) is -1.12. The molecule has 0 bridgehead atoms. The number of methoxy groups -OCH3 is 2. The van der Waals surface area contributed by atoms with Crippen LogP contribution in [0.15, 0.2) is 0 Å². The van der Waals surface area contributed by atoms with Gasteiger partial charge in [0.15, 0.2) is 10.8 Å². The molecule has 1 aliphatic heterocycles. The van der Waals surface area contributed by atoms with Crippen LogP contribution in [-0.4, -0.2) is 26.0 Å². The molecule has 0 unspecified atom stereocenters. The Morgan fingerprint density at radius 3 is 2.11 bits per heavy atom. The Labute approximate surface area is 106 Å². The standard InChI is InChI=1S/C12H16N4O2/c1-5-9(2)10(6-13)8(15)16-12(17-3,18-4)11(9,10)7-14/h5H2,1-4H3,(H2,15,16)/p+1/t9-,10+,11-/m1/s1. The van der Waals surface area contributed by atoms with Crippen LogP contribution in [0.2, 0.25) is 0 Å². The highest BCUT2D eigenvalue weighted by Crippen LogP contribution is 2.83. The van der Waals surface area contributed by atoms with Crippen molar-refractivity contribution in [1.82, 2.24) is 0 Å². The van der Waals surface area contributed by atoms with Gasteiger partial charge in [0.2, 0.25) is 0 Å². The summed E-state index contributed by atoms with van der Waals surface area (Å²) in [6.45, 7) is 3.81. The minimum atomic E-state index is -1.37. The van der Waals surface area contributed by atoms with E-state index in [1.54, 1.807) is 0 Å². The van der Waals surface area contributed by atoms with E-state index in [4.69, 9.17) is 15.2 Å². The lowest BCUT2D eigenvalue weighted by Gasteiger charge is -2.29. The Bertz CT molecular complexity index is 513. The molecule has 2 rings (SSSR count). The molecule has 0 aromatic carbocycles. The molecule has 6 nitrogen and oxygen atoms in total. The van der Waals surface area contributed by atoms with E-state index in [9.17, 15) is 10.5 Å². The highest BCUT2D eigenvalue weighted by Gasteiger charge is 3.01. The van der Waals surface area contributed by atoms with Gasteiger partial charge in [-0.2, -0.15) is 10.5 Å². The smallest absolute Gasteiger partial charge is 0.317 e. The highest BCUT2D eigenvalue weighted by molar-refractivity contribution is 5.94. The molecule has 0 aromatic rings. The van der Waals surface area contributed by atoms with Crippen molar-refractivity contribution in [2.45, 2.75) is 26.2 Å². The topological polar surface area (TPSA) is 106 Å². The van der Waals surface area contributed by atoms with Crippen molar-refractivity contribution in [3.05, 3.63) is 0 Å². The Morgan fingerprint density at radius 1 is 1.28 bits per heavy atom. The first-order valence-corrected chi connectivity index (χ1v) is 5.77. The van der Waals surface area contributed by atoms with Gasteiger partial charge in [-0.3, -0.25) is 5.73 Å². The summed E-state index contributed by atoms with van der Waals surface area (Å²) in [5.41, 5.74) is 3.17. The van der Waals surface area contributed by atoms with Gasteiger partial charge < -0.3 is 9.47 Å². The second-order valence-electron chi connectivity index (χ2n) is 4.97. The third-order valence-electron chi connectivity index (χ3n) is 4.97. The summed E-state index contributed by atoms with van der Waals surface area (Å²) < 4.78 is 10.8. The molecule has 3 N–H and O–H groups in total. The van der Waals surface area contributed by atoms with Crippen molar-refractivity contribution in [3.8, 4) is 12.1 Å². The van der Waals surface area contributed by atoms with Gasteiger partial charge in [0, 0.05) is 19.6 Å². The number of nitrogens with zero attached hydrogens (tertiary/aromatic N) is 2. The van der Waals surface area contributed by atoms with Crippen LogP contribution in [0.1, 0.15) is 20.3 Å². The van der Waals surface area contributed by atoms with E-state index in [-0.39, 0.29) is 5.84 Å². The normalized spacial score (nSPS) is 43.6. The second kappa shape index (κ2) is 3.23. The monoisotopic (exact) mass is 249 g/mol. The summed E-state index contributed by atoms with van der Waals surface area (Å²) in [6, 6.07) is 4.45. The van der Waals surface area contributed by atoms with Crippen LogP contribution >= 0.6 is 0 Å². The van der Waals surface area contributed by atoms with Crippen molar-refractivity contribution in [2.24, 2.45) is 22.0 Å². The first-order valence-electron chi connectivity index (χ1n) is 5.77. The Kier molecular flexibility index (Phi) is 2.30. The maximum absolute atomic E-state index is 9.68. The number of nitrogens with one attached hydrogen (secondary N) is 1. The SMILES string of the molecule is CC[C@]1(C)[C@]2(C#N)C(N)=[NH+]C(OC)(OC)[C@]12C#N. The zero-order valence-electron chi connectivity index (χ0n) is 11.0. The average Bonchev–Trinajstić information content (AvgIpc) is 2.80. The lowest BCUT2D eigenvalue weighted by Crippen LogP contribution is -2.91. The van der Waals surface area contributed by atoms with Gasteiger partial charge in [-0.15, -0.1) is 0 Å². The number of fused-ring (bicyclic) bond motifs is 1. The van der Waals surface area contributed by atoms with Crippen LogP contribution in [0.25, 0.3) is 0 Å². The first-order chi connectivity index (χ1) is 8.43. The Hall–Kier alpha value is -1.63. The molecule has 0 amide bonds. The van der Waals surface area contributed by atoms with E-state index in [1.807, 2.05) is 13.8 Å². The Morgan fingerprint density at radius 2 is 1.83 bits per heavy atom. The van der Waals surface area contributed by atoms with E-state index >= 15 is 0 Å². The number of hydrogen-bond donors (Lipinski definition) is 2. The maximum atomic E-state index is 9.68. The van der Waals surface area contributed by atoms with E-state index in [1.165, 1.54) is 14.2 Å². The number of nitriles is 2.